The van der Waals surface area contributed by atoms with E-state index in [1.165, 1.54) is 0 Å². The number of amides is 1. The number of carbonyl (C=O) groups is 1. The van der Waals surface area contributed by atoms with Crippen LogP contribution in [0.4, 0.5) is 5.69 Å². The van der Waals surface area contributed by atoms with Gasteiger partial charge in [-0.15, -0.1) is 12.4 Å². The number of ether oxygens (including phenoxy) is 1. The van der Waals surface area contributed by atoms with Gasteiger partial charge in [-0.3, -0.25) is 4.79 Å². The molecular weight excluding hydrogens is 264 g/mol. The molecule has 1 aliphatic heterocycles. The maximum Gasteiger partial charge on any atom is 0.227 e. The predicted octanol–water partition coefficient (Wildman–Crippen LogP) is 2.22. The highest BCUT2D eigenvalue weighted by atomic mass is 35.5. The molecule has 0 aromatic heterocycles. The summed E-state index contributed by atoms with van der Waals surface area (Å²) in [6.07, 6.45) is 0. The minimum Gasteiger partial charge on any atom is -0.495 e. The lowest BCUT2D eigenvalue weighted by atomic mass is 9.88. The topological polar surface area (TPSA) is 50.4 Å². The number of hydrogen-bond donors (Lipinski definition) is 2. The Labute approximate surface area is 120 Å². The summed E-state index contributed by atoms with van der Waals surface area (Å²) in [7, 11) is 1.61. The third kappa shape index (κ3) is 3.61. The number of rotatable bonds is 4. The number of benzene rings is 1. The van der Waals surface area contributed by atoms with Gasteiger partial charge in [-0.25, -0.2) is 0 Å². The Hall–Kier alpha value is -1.26. The molecule has 1 aromatic carbocycles. The third-order valence-corrected chi connectivity index (χ3v) is 3.55. The molecule has 1 unspecified atom stereocenters. The molecule has 19 heavy (non-hydrogen) atoms. The van der Waals surface area contributed by atoms with Gasteiger partial charge >= 0.3 is 0 Å². The van der Waals surface area contributed by atoms with Gasteiger partial charge in [0.2, 0.25) is 5.91 Å². The highest BCUT2D eigenvalue weighted by Gasteiger charge is 2.28. The van der Waals surface area contributed by atoms with Crippen molar-refractivity contribution in [3.8, 4) is 5.75 Å². The Balaban J connectivity index is 0.00000180. The zero-order valence-electron chi connectivity index (χ0n) is 11.5. The molecule has 1 fully saturated rings. The van der Waals surface area contributed by atoms with Gasteiger partial charge in [0.05, 0.1) is 12.8 Å². The number of nitrogens with one attached hydrogen (secondary N) is 2. The van der Waals surface area contributed by atoms with E-state index in [9.17, 15) is 4.79 Å². The summed E-state index contributed by atoms with van der Waals surface area (Å²) in [5, 5.41) is 6.13. The molecule has 0 bridgehead atoms. The molecule has 0 radical (unpaired) electrons. The summed E-state index contributed by atoms with van der Waals surface area (Å²) < 4.78 is 5.28. The fraction of sp³-hybridized carbons (Fsp3) is 0.500. The molecule has 106 valence electrons. The lowest BCUT2D eigenvalue weighted by molar-refractivity contribution is -0.121. The van der Waals surface area contributed by atoms with Crippen molar-refractivity contribution in [1.82, 2.24) is 5.32 Å². The van der Waals surface area contributed by atoms with Crippen LogP contribution in [0.1, 0.15) is 12.5 Å². The third-order valence-electron chi connectivity index (χ3n) is 3.55. The Morgan fingerprint density at radius 3 is 2.68 bits per heavy atom. The number of carbonyl (C=O) groups excluding carboxylic acids is 1. The van der Waals surface area contributed by atoms with Crippen molar-refractivity contribution in [2.45, 2.75) is 13.8 Å². The van der Waals surface area contributed by atoms with E-state index in [0.717, 1.165) is 24.3 Å². The van der Waals surface area contributed by atoms with Crippen LogP contribution in [0.2, 0.25) is 0 Å². The first kappa shape index (κ1) is 15.8. The largest absolute Gasteiger partial charge is 0.495 e. The summed E-state index contributed by atoms with van der Waals surface area (Å²) in [5.74, 6) is 1.24. The van der Waals surface area contributed by atoms with E-state index < -0.39 is 0 Å². The van der Waals surface area contributed by atoms with Crippen LogP contribution >= 0.6 is 12.4 Å². The van der Waals surface area contributed by atoms with E-state index >= 15 is 0 Å². The van der Waals surface area contributed by atoms with Crippen LogP contribution < -0.4 is 15.4 Å². The maximum atomic E-state index is 12.1. The van der Waals surface area contributed by atoms with E-state index in [1.54, 1.807) is 7.11 Å². The van der Waals surface area contributed by atoms with Crippen molar-refractivity contribution in [2.24, 2.45) is 11.8 Å². The Kier molecular flexibility index (Phi) is 5.63. The van der Waals surface area contributed by atoms with Crippen LogP contribution in [-0.4, -0.2) is 26.1 Å². The van der Waals surface area contributed by atoms with Gasteiger partial charge < -0.3 is 15.4 Å². The highest BCUT2D eigenvalue weighted by molar-refractivity contribution is 5.94. The van der Waals surface area contributed by atoms with E-state index in [2.05, 4.69) is 10.6 Å². The fourth-order valence-electron chi connectivity index (χ4n) is 2.03. The normalized spacial score (nSPS) is 15.9. The van der Waals surface area contributed by atoms with E-state index in [-0.39, 0.29) is 24.2 Å². The smallest absolute Gasteiger partial charge is 0.227 e. The summed E-state index contributed by atoms with van der Waals surface area (Å²) in [6, 6.07) is 5.77. The Morgan fingerprint density at radius 2 is 2.16 bits per heavy atom. The fourth-order valence-corrected chi connectivity index (χ4v) is 2.03. The molecular formula is C14H21ClN2O2. The highest BCUT2D eigenvalue weighted by Crippen LogP contribution is 2.26. The summed E-state index contributed by atoms with van der Waals surface area (Å²) in [6.45, 7) is 5.83. The van der Waals surface area contributed by atoms with Crippen molar-refractivity contribution in [1.29, 1.82) is 0 Å². The van der Waals surface area contributed by atoms with Gasteiger partial charge in [0.15, 0.2) is 0 Å². The summed E-state index contributed by atoms with van der Waals surface area (Å²) in [5.41, 5.74) is 1.85. The minimum absolute atomic E-state index is 0. The zero-order chi connectivity index (χ0) is 13.1. The zero-order valence-corrected chi connectivity index (χ0v) is 12.3. The lowest BCUT2D eigenvalue weighted by Crippen LogP contribution is -2.48. The van der Waals surface area contributed by atoms with Crippen molar-refractivity contribution in [3.63, 3.8) is 0 Å². The average Bonchev–Trinajstić information content (AvgIpc) is 2.29. The molecule has 4 nitrogen and oxygen atoms in total. The molecule has 1 atom stereocenters. The molecule has 0 saturated carbocycles. The van der Waals surface area contributed by atoms with Crippen molar-refractivity contribution in [2.75, 3.05) is 25.5 Å². The van der Waals surface area contributed by atoms with E-state index in [0.29, 0.717) is 11.7 Å². The van der Waals surface area contributed by atoms with Gasteiger partial charge in [-0.2, -0.15) is 0 Å². The molecule has 1 amide bonds. The molecule has 0 spiro atoms. The molecule has 2 N–H and O–H groups in total. The molecule has 2 rings (SSSR count). The van der Waals surface area contributed by atoms with Crippen molar-refractivity contribution < 1.29 is 9.53 Å². The van der Waals surface area contributed by atoms with Crippen LogP contribution in [0.3, 0.4) is 0 Å². The van der Waals surface area contributed by atoms with Gasteiger partial charge in [-0.05, 0) is 43.6 Å². The first-order valence-corrected chi connectivity index (χ1v) is 6.28. The van der Waals surface area contributed by atoms with Crippen LogP contribution in [0.5, 0.6) is 5.75 Å². The van der Waals surface area contributed by atoms with Crippen molar-refractivity contribution in [3.05, 3.63) is 23.8 Å². The van der Waals surface area contributed by atoms with Crippen LogP contribution in [0.15, 0.2) is 18.2 Å². The lowest BCUT2D eigenvalue weighted by Gasteiger charge is -2.31. The molecule has 0 aliphatic carbocycles. The first-order valence-electron chi connectivity index (χ1n) is 6.28. The molecule has 1 aliphatic rings. The standard InChI is InChI=1S/C14H20N2O2.ClH/c1-9-4-5-12(13(6-9)18-3)16-14(17)10(2)11-7-15-8-11;/h4-6,10-11,15H,7-8H2,1-3H3,(H,16,17);1H. The molecule has 5 heteroatoms. The van der Waals surface area contributed by atoms with Gasteiger partial charge in [0.1, 0.15) is 5.75 Å². The first-order chi connectivity index (χ1) is 8.61. The van der Waals surface area contributed by atoms with E-state index in [1.807, 2.05) is 32.0 Å². The molecule has 1 aromatic rings. The predicted molar refractivity (Wildman–Crippen MR) is 79.1 cm³/mol. The number of halogens is 1. The van der Waals surface area contributed by atoms with Crippen LogP contribution in [-0.2, 0) is 4.79 Å². The molecule has 1 saturated heterocycles. The Bertz CT molecular complexity index is 447. The van der Waals surface area contributed by atoms with Gasteiger partial charge in [0.25, 0.3) is 0 Å². The summed E-state index contributed by atoms with van der Waals surface area (Å²) in [4.78, 5) is 12.1. The van der Waals surface area contributed by atoms with Crippen LogP contribution in [0, 0.1) is 18.8 Å². The van der Waals surface area contributed by atoms with Gasteiger partial charge in [-0.1, -0.05) is 13.0 Å². The number of anilines is 1. The number of aryl methyl sites for hydroxylation is 1. The van der Waals surface area contributed by atoms with Crippen LogP contribution in [0.25, 0.3) is 0 Å². The van der Waals surface area contributed by atoms with Gasteiger partial charge in [0, 0.05) is 5.92 Å². The number of methoxy groups -OCH3 is 1. The molecule has 1 heterocycles. The van der Waals surface area contributed by atoms with E-state index in [4.69, 9.17) is 4.74 Å². The second-order valence-corrected chi connectivity index (χ2v) is 4.90. The van der Waals surface area contributed by atoms with Crippen molar-refractivity contribution >= 4 is 24.0 Å². The SMILES string of the molecule is COc1cc(C)ccc1NC(=O)C(C)C1CNC1.Cl. The second-order valence-electron chi connectivity index (χ2n) is 4.90. The second kappa shape index (κ2) is 6.78. The Morgan fingerprint density at radius 1 is 1.47 bits per heavy atom. The average molecular weight is 285 g/mol. The quantitative estimate of drug-likeness (QED) is 0.891. The monoisotopic (exact) mass is 284 g/mol. The number of hydrogen-bond acceptors (Lipinski definition) is 3. The summed E-state index contributed by atoms with van der Waals surface area (Å²) >= 11 is 0. The maximum absolute atomic E-state index is 12.1. The minimum atomic E-state index is 0.